The molecule has 0 heterocycles. The molecule has 9 nitrogen and oxygen atoms in total. The molecule has 0 saturated carbocycles. The van der Waals surface area contributed by atoms with Crippen molar-refractivity contribution in [2.75, 3.05) is 40.9 Å². The Morgan fingerprint density at radius 2 is 0.753 bits per heavy atom. The molecule has 0 fully saturated rings. The van der Waals surface area contributed by atoms with Gasteiger partial charge in [0.2, 0.25) is 5.91 Å². The number of rotatable bonds is 64. The largest absolute Gasteiger partial charge is 0.756 e. The van der Waals surface area contributed by atoms with Crippen molar-refractivity contribution in [2.24, 2.45) is 0 Å². The van der Waals surface area contributed by atoms with Crippen molar-refractivity contribution in [1.29, 1.82) is 0 Å². The molecule has 1 amide bonds. The number of carbonyl (C=O) groups is 2. The Balaban J connectivity index is 5.04. The smallest absolute Gasteiger partial charge is 0.306 e. The van der Waals surface area contributed by atoms with Gasteiger partial charge in [0.05, 0.1) is 33.8 Å². The minimum atomic E-state index is -4.71. The predicted octanol–water partition coefficient (Wildman–Crippen LogP) is 22.0. The van der Waals surface area contributed by atoms with E-state index in [2.05, 4.69) is 111 Å². The standard InChI is InChI=1S/C75H135N2O7P/c1-7-10-13-16-19-22-25-27-29-31-33-35-37-38-40-41-43-45-47-49-52-55-58-61-64-67-74(78)76-72(71-83-85(80,81)82-70-69-77(4,5)6)73(66-63-60-57-54-51-24-21-18-15-12-9-3)84-75(79)68-65-62-59-56-53-50-48-46-44-42-39-36-34-32-30-28-26-23-20-17-14-11-8-2/h11,14,19-20,22-23,27-30,34,36,42,44,63,66,72-73H,7-10,12-13,15-18,21,24-26,31-33,35,37-41,43,45-62,64-65,67-71H2,1-6H3,(H-,76,78,80,81)/b14-11-,22-19-,23-20-,29-27-,30-28-,36-34-,44-42-,66-63+. The summed E-state index contributed by atoms with van der Waals surface area (Å²) in [5.74, 6) is -0.550. The summed E-state index contributed by atoms with van der Waals surface area (Å²) in [4.78, 5) is 40.2. The summed E-state index contributed by atoms with van der Waals surface area (Å²) in [5, 5.41) is 3.04. The average Bonchev–Trinajstić information content (AvgIpc) is 3.62. The molecular formula is C75H135N2O7P. The number of hydrogen-bond donors (Lipinski definition) is 1. The summed E-state index contributed by atoms with van der Waals surface area (Å²) in [6, 6.07) is -0.898. The van der Waals surface area contributed by atoms with Crippen LogP contribution in [0.1, 0.15) is 316 Å². The van der Waals surface area contributed by atoms with Gasteiger partial charge in [-0.05, 0) is 109 Å². The SMILES string of the molecule is CC/C=C\C/C=C\C/C=C\C/C=C\C/C=C\CCCCCCCCCC(=O)OC(/C=C/CCCCCCCCCCC)C(COP(=O)([O-])OCC[N+](C)(C)C)NC(=O)CCCCCCCCCCCCCCCCC/C=C\C/C=C\CCCCC. The zero-order valence-corrected chi connectivity index (χ0v) is 57.2. The number of carbonyl (C=O) groups excluding carboxylic acids is 2. The van der Waals surface area contributed by atoms with Crippen molar-refractivity contribution in [2.45, 2.75) is 328 Å². The van der Waals surface area contributed by atoms with E-state index in [1.807, 2.05) is 33.3 Å². The van der Waals surface area contributed by atoms with E-state index in [0.717, 1.165) is 103 Å². The number of hydrogen-bond acceptors (Lipinski definition) is 7. The Bertz CT molecular complexity index is 1780. The predicted molar refractivity (Wildman–Crippen MR) is 367 cm³/mol. The van der Waals surface area contributed by atoms with E-state index in [4.69, 9.17) is 13.8 Å². The maximum atomic E-state index is 13.6. The zero-order chi connectivity index (χ0) is 62.1. The number of ether oxygens (including phenoxy) is 1. The van der Waals surface area contributed by atoms with E-state index in [1.54, 1.807) is 0 Å². The van der Waals surface area contributed by atoms with Crippen LogP contribution in [-0.2, 0) is 27.9 Å². The molecule has 3 unspecified atom stereocenters. The average molecular weight is 1210 g/mol. The maximum Gasteiger partial charge on any atom is 0.306 e. The molecule has 10 heteroatoms. The lowest BCUT2D eigenvalue weighted by Crippen LogP contribution is -2.47. The van der Waals surface area contributed by atoms with Crippen molar-refractivity contribution >= 4 is 19.7 Å². The van der Waals surface area contributed by atoms with Gasteiger partial charge in [0.1, 0.15) is 19.3 Å². The van der Waals surface area contributed by atoms with E-state index in [9.17, 15) is 19.0 Å². The Hall–Kier alpha value is -3.07. The number of allylic oxidation sites excluding steroid dienone is 15. The third-order valence-electron chi connectivity index (χ3n) is 15.5. The molecule has 0 saturated heterocycles. The lowest BCUT2D eigenvalue weighted by Gasteiger charge is -2.30. The van der Waals surface area contributed by atoms with E-state index in [0.29, 0.717) is 23.9 Å². The van der Waals surface area contributed by atoms with E-state index in [-0.39, 0.29) is 24.9 Å². The van der Waals surface area contributed by atoms with Gasteiger partial charge in [0.15, 0.2) is 0 Å². The van der Waals surface area contributed by atoms with Gasteiger partial charge >= 0.3 is 5.97 Å². The lowest BCUT2D eigenvalue weighted by molar-refractivity contribution is -0.870. The van der Waals surface area contributed by atoms with Gasteiger partial charge < -0.3 is 28.5 Å². The third-order valence-corrected chi connectivity index (χ3v) is 16.5. The maximum absolute atomic E-state index is 13.6. The number of quaternary nitrogens is 1. The normalized spacial score (nSPS) is 14.1. The van der Waals surface area contributed by atoms with Crippen molar-refractivity contribution in [3.63, 3.8) is 0 Å². The van der Waals surface area contributed by atoms with Crippen LogP contribution in [0.15, 0.2) is 97.2 Å². The zero-order valence-electron chi connectivity index (χ0n) is 56.3. The van der Waals surface area contributed by atoms with Crippen molar-refractivity contribution in [3.8, 4) is 0 Å². The van der Waals surface area contributed by atoms with Crippen LogP contribution in [0.5, 0.6) is 0 Å². The van der Waals surface area contributed by atoms with Crippen molar-refractivity contribution < 1.29 is 37.3 Å². The number of phosphoric acid groups is 1. The van der Waals surface area contributed by atoms with Crippen molar-refractivity contribution in [1.82, 2.24) is 5.32 Å². The second-order valence-corrected chi connectivity index (χ2v) is 26.4. The molecule has 0 aromatic carbocycles. The number of nitrogens with one attached hydrogen (secondary N) is 1. The molecule has 0 aromatic rings. The van der Waals surface area contributed by atoms with Crippen LogP contribution in [0.4, 0.5) is 0 Å². The summed E-state index contributed by atoms with van der Waals surface area (Å²) in [7, 11) is 1.18. The first-order valence-corrected chi connectivity index (χ1v) is 37.0. The summed E-state index contributed by atoms with van der Waals surface area (Å²) in [6.45, 7) is 6.72. The molecule has 0 aliphatic carbocycles. The van der Waals surface area contributed by atoms with E-state index >= 15 is 0 Å². The van der Waals surface area contributed by atoms with E-state index in [1.165, 1.54) is 173 Å². The first-order valence-electron chi connectivity index (χ1n) is 35.5. The molecule has 0 rings (SSSR count). The lowest BCUT2D eigenvalue weighted by atomic mass is 10.0. The van der Waals surface area contributed by atoms with Crippen LogP contribution in [0.25, 0.3) is 0 Å². The fourth-order valence-electron chi connectivity index (χ4n) is 10.1. The van der Waals surface area contributed by atoms with Crippen LogP contribution in [0.2, 0.25) is 0 Å². The Kier molecular flexibility index (Phi) is 61.6. The second-order valence-electron chi connectivity index (χ2n) is 25.0. The van der Waals surface area contributed by atoms with Gasteiger partial charge in [-0.2, -0.15) is 0 Å². The minimum absolute atomic E-state index is 0.0273. The van der Waals surface area contributed by atoms with Crippen LogP contribution in [0, 0.1) is 0 Å². The molecule has 1 N–H and O–H groups in total. The topological polar surface area (TPSA) is 114 Å². The Morgan fingerprint density at radius 1 is 0.424 bits per heavy atom. The number of amides is 1. The van der Waals surface area contributed by atoms with Gasteiger partial charge in [-0.3, -0.25) is 14.2 Å². The molecule has 0 radical (unpaired) electrons. The summed E-state index contributed by atoms with van der Waals surface area (Å²) < 4.78 is 30.4. The molecule has 0 spiro atoms. The molecule has 492 valence electrons. The van der Waals surface area contributed by atoms with Crippen LogP contribution in [-0.4, -0.2) is 69.4 Å². The van der Waals surface area contributed by atoms with E-state index < -0.39 is 26.6 Å². The summed E-state index contributed by atoms with van der Waals surface area (Å²) in [5.41, 5.74) is 0. The highest BCUT2D eigenvalue weighted by molar-refractivity contribution is 7.45. The van der Waals surface area contributed by atoms with Crippen LogP contribution >= 0.6 is 7.82 Å². The number of unbranched alkanes of at least 4 members (excludes halogenated alkanes) is 34. The highest BCUT2D eigenvalue weighted by Crippen LogP contribution is 2.38. The fourth-order valence-corrected chi connectivity index (χ4v) is 10.8. The van der Waals surface area contributed by atoms with Gasteiger partial charge in [-0.1, -0.05) is 292 Å². The Morgan fingerprint density at radius 3 is 1.15 bits per heavy atom. The number of nitrogens with zero attached hydrogens (tertiary/aromatic N) is 1. The molecule has 0 aliphatic rings. The van der Waals surface area contributed by atoms with Crippen LogP contribution < -0.4 is 10.2 Å². The highest BCUT2D eigenvalue weighted by Gasteiger charge is 2.27. The summed E-state index contributed by atoms with van der Waals surface area (Å²) >= 11 is 0. The molecule has 0 aromatic heterocycles. The van der Waals surface area contributed by atoms with Gasteiger partial charge in [0.25, 0.3) is 7.82 Å². The molecule has 3 atom stereocenters. The third kappa shape index (κ3) is 65.2. The monoisotopic (exact) mass is 1210 g/mol. The molecule has 85 heavy (non-hydrogen) atoms. The Labute approximate surface area is 526 Å². The minimum Gasteiger partial charge on any atom is -0.756 e. The van der Waals surface area contributed by atoms with Gasteiger partial charge in [0, 0.05) is 12.8 Å². The van der Waals surface area contributed by atoms with Crippen molar-refractivity contribution in [3.05, 3.63) is 97.2 Å². The summed E-state index contributed by atoms with van der Waals surface area (Å²) in [6.07, 6.45) is 86.7. The molecular weight excluding hydrogens is 1070 g/mol. The number of phosphoric ester groups is 1. The first-order chi connectivity index (χ1) is 41.4. The highest BCUT2D eigenvalue weighted by atomic mass is 31.2. The van der Waals surface area contributed by atoms with Crippen LogP contribution in [0.3, 0.4) is 0 Å². The quantitative estimate of drug-likeness (QED) is 0.0212. The van der Waals surface area contributed by atoms with Gasteiger partial charge in [-0.25, -0.2) is 0 Å². The number of esters is 1. The van der Waals surface area contributed by atoms with Gasteiger partial charge in [-0.15, -0.1) is 0 Å². The number of likely N-dealkylation sites (N-methyl/N-ethyl adjacent to an activating group) is 1. The fraction of sp³-hybridized carbons (Fsp3) is 0.760. The second kappa shape index (κ2) is 63.9. The molecule has 0 aliphatic heterocycles. The first kappa shape index (κ1) is 81.9. The molecule has 0 bridgehead atoms.